The van der Waals surface area contributed by atoms with E-state index < -0.39 is 11.9 Å². The Morgan fingerprint density at radius 3 is 2.95 bits per heavy atom. The number of aromatic nitrogens is 1. The Labute approximate surface area is 117 Å². The third kappa shape index (κ3) is 2.37. The second-order valence-corrected chi connectivity index (χ2v) is 4.85. The molecular weight excluding hydrogens is 254 g/mol. The molecule has 1 aromatic carbocycles. The first-order valence-corrected chi connectivity index (χ1v) is 6.65. The second kappa shape index (κ2) is 5.33. The molecule has 20 heavy (non-hydrogen) atoms. The van der Waals surface area contributed by atoms with Crippen molar-refractivity contribution in [3.05, 3.63) is 59.4 Å². The number of pyridine rings is 1. The standard InChI is InChI=1S/C16H15NO3/c18-16(19)15(13-5-1-2-8-17-13)12-6-7-14-11(10-12)4-3-9-20-14/h1-2,5-8,10,15H,3-4,9H2,(H,18,19). The summed E-state index contributed by atoms with van der Waals surface area (Å²) in [6.07, 6.45) is 3.52. The van der Waals surface area contributed by atoms with Gasteiger partial charge in [-0.25, -0.2) is 0 Å². The summed E-state index contributed by atoms with van der Waals surface area (Å²) < 4.78 is 5.56. The number of carboxylic acid groups (broad SMARTS) is 1. The molecule has 0 aliphatic carbocycles. The molecule has 0 saturated heterocycles. The average molecular weight is 269 g/mol. The minimum absolute atomic E-state index is 0.552. The summed E-state index contributed by atoms with van der Waals surface area (Å²) in [5.74, 6) is -0.756. The van der Waals surface area contributed by atoms with E-state index in [1.165, 1.54) is 0 Å². The van der Waals surface area contributed by atoms with Crippen LogP contribution in [0.4, 0.5) is 0 Å². The van der Waals surface area contributed by atoms with Gasteiger partial charge < -0.3 is 9.84 Å². The van der Waals surface area contributed by atoms with Gasteiger partial charge in [-0.05, 0) is 42.2 Å². The average Bonchev–Trinajstić information content (AvgIpc) is 2.48. The second-order valence-electron chi connectivity index (χ2n) is 4.85. The molecule has 4 heteroatoms. The normalized spacial score (nSPS) is 15.0. The highest BCUT2D eigenvalue weighted by Crippen LogP contribution is 2.31. The summed E-state index contributed by atoms with van der Waals surface area (Å²) in [4.78, 5) is 15.8. The molecule has 0 fully saturated rings. The summed E-state index contributed by atoms with van der Waals surface area (Å²) in [5, 5.41) is 9.51. The summed E-state index contributed by atoms with van der Waals surface area (Å²) in [7, 11) is 0. The van der Waals surface area contributed by atoms with Crippen molar-refractivity contribution in [2.75, 3.05) is 6.61 Å². The smallest absolute Gasteiger partial charge is 0.317 e. The van der Waals surface area contributed by atoms with Gasteiger partial charge in [0, 0.05) is 6.20 Å². The van der Waals surface area contributed by atoms with Crippen LogP contribution in [0.3, 0.4) is 0 Å². The van der Waals surface area contributed by atoms with Crippen LogP contribution in [0.5, 0.6) is 5.75 Å². The molecule has 102 valence electrons. The quantitative estimate of drug-likeness (QED) is 0.930. The Kier molecular flexibility index (Phi) is 3.37. The topological polar surface area (TPSA) is 59.4 Å². The molecule has 2 aromatic rings. The van der Waals surface area contributed by atoms with Crippen molar-refractivity contribution in [1.82, 2.24) is 4.98 Å². The van der Waals surface area contributed by atoms with Crippen LogP contribution in [0.15, 0.2) is 42.6 Å². The maximum Gasteiger partial charge on any atom is 0.317 e. The lowest BCUT2D eigenvalue weighted by Crippen LogP contribution is -2.16. The number of rotatable bonds is 3. The highest BCUT2D eigenvalue weighted by atomic mass is 16.5. The summed E-state index contributed by atoms with van der Waals surface area (Å²) >= 11 is 0. The van der Waals surface area contributed by atoms with Crippen LogP contribution in [0.2, 0.25) is 0 Å². The first kappa shape index (κ1) is 12.7. The fourth-order valence-electron chi connectivity index (χ4n) is 2.55. The van der Waals surface area contributed by atoms with E-state index in [1.54, 1.807) is 24.4 Å². The lowest BCUT2D eigenvalue weighted by Gasteiger charge is -2.20. The fraction of sp³-hybridized carbons (Fsp3) is 0.250. The van der Waals surface area contributed by atoms with E-state index in [2.05, 4.69) is 4.98 Å². The van der Waals surface area contributed by atoms with E-state index in [4.69, 9.17) is 4.74 Å². The van der Waals surface area contributed by atoms with E-state index in [-0.39, 0.29) is 0 Å². The van der Waals surface area contributed by atoms with E-state index in [0.29, 0.717) is 5.69 Å². The molecule has 3 rings (SSSR count). The lowest BCUT2D eigenvalue weighted by molar-refractivity contribution is -0.137. The number of ether oxygens (including phenoxy) is 1. The number of hydrogen-bond acceptors (Lipinski definition) is 3. The Bertz CT molecular complexity index is 625. The predicted molar refractivity (Wildman–Crippen MR) is 74.0 cm³/mol. The van der Waals surface area contributed by atoms with Crippen LogP contribution in [0.25, 0.3) is 0 Å². The van der Waals surface area contributed by atoms with Crippen LogP contribution in [0, 0.1) is 0 Å². The van der Waals surface area contributed by atoms with Crippen molar-refractivity contribution >= 4 is 5.97 Å². The zero-order valence-corrected chi connectivity index (χ0v) is 11.0. The Morgan fingerprint density at radius 2 is 2.20 bits per heavy atom. The Hall–Kier alpha value is -2.36. The Morgan fingerprint density at radius 1 is 1.30 bits per heavy atom. The van der Waals surface area contributed by atoms with Gasteiger partial charge in [-0.15, -0.1) is 0 Å². The molecule has 0 saturated carbocycles. The SMILES string of the molecule is O=C(O)C(c1ccc2c(c1)CCCO2)c1ccccn1. The molecule has 0 bridgehead atoms. The van der Waals surface area contributed by atoms with Gasteiger partial charge in [0.1, 0.15) is 11.7 Å². The first-order chi connectivity index (χ1) is 9.75. The van der Waals surface area contributed by atoms with E-state index in [1.807, 2.05) is 18.2 Å². The number of fused-ring (bicyclic) bond motifs is 1. The largest absolute Gasteiger partial charge is 0.493 e. The van der Waals surface area contributed by atoms with E-state index in [0.717, 1.165) is 36.3 Å². The molecular formula is C16H15NO3. The zero-order chi connectivity index (χ0) is 13.9. The summed E-state index contributed by atoms with van der Waals surface area (Å²) in [6.45, 7) is 0.731. The molecule has 2 heterocycles. The highest BCUT2D eigenvalue weighted by molar-refractivity contribution is 5.80. The molecule has 1 aliphatic rings. The zero-order valence-electron chi connectivity index (χ0n) is 11.0. The minimum atomic E-state index is -0.889. The number of benzene rings is 1. The van der Waals surface area contributed by atoms with Gasteiger partial charge in [0.05, 0.1) is 12.3 Å². The van der Waals surface area contributed by atoms with Crippen LogP contribution in [0.1, 0.15) is 29.2 Å². The van der Waals surface area contributed by atoms with Gasteiger partial charge in [0.2, 0.25) is 0 Å². The van der Waals surface area contributed by atoms with Crippen molar-refractivity contribution in [3.8, 4) is 5.75 Å². The lowest BCUT2D eigenvalue weighted by atomic mass is 9.92. The van der Waals surface area contributed by atoms with Gasteiger partial charge >= 0.3 is 5.97 Å². The molecule has 1 unspecified atom stereocenters. The van der Waals surface area contributed by atoms with Crippen molar-refractivity contribution in [1.29, 1.82) is 0 Å². The number of nitrogens with zero attached hydrogens (tertiary/aromatic N) is 1. The van der Waals surface area contributed by atoms with Gasteiger partial charge in [-0.1, -0.05) is 18.2 Å². The molecule has 1 N–H and O–H groups in total. The van der Waals surface area contributed by atoms with Crippen molar-refractivity contribution in [2.45, 2.75) is 18.8 Å². The van der Waals surface area contributed by atoms with Crippen LogP contribution < -0.4 is 4.74 Å². The number of aliphatic carboxylic acids is 1. The monoisotopic (exact) mass is 269 g/mol. The van der Waals surface area contributed by atoms with E-state index in [9.17, 15) is 9.90 Å². The molecule has 1 aliphatic heterocycles. The number of carboxylic acids is 1. The maximum atomic E-state index is 11.6. The number of aryl methyl sites for hydroxylation is 1. The third-order valence-electron chi connectivity index (χ3n) is 3.50. The van der Waals surface area contributed by atoms with Crippen LogP contribution >= 0.6 is 0 Å². The fourth-order valence-corrected chi connectivity index (χ4v) is 2.55. The highest BCUT2D eigenvalue weighted by Gasteiger charge is 2.24. The van der Waals surface area contributed by atoms with Crippen LogP contribution in [-0.2, 0) is 11.2 Å². The molecule has 0 spiro atoms. The van der Waals surface area contributed by atoms with Gasteiger partial charge in [-0.2, -0.15) is 0 Å². The molecule has 1 aromatic heterocycles. The number of carbonyl (C=O) groups is 1. The Balaban J connectivity index is 2.02. The summed E-state index contributed by atoms with van der Waals surface area (Å²) in [6, 6.07) is 10.9. The summed E-state index contributed by atoms with van der Waals surface area (Å²) in [5.41, 5.74) is 2.38. The van der Waals surface area contributed by atoms with Gasteiger partial charge in [0.15, 0.2) is 0 Å². The van der Waals surface area contributed by atoms with E-state index >= 15 is 0 Å². The number of hydrogen-bond donors (Lipinski definition) is 1. The molecule has 4 nitrogen and oxygen atoms in total. The first-order valence-electron chi connectivity index (χ1n) is 6.65. The van der Waals surface area contributed by atoms with Gasteiger partial charge in [-0.3, -0.25) is 9.78 Å². The molecule has 0 radical (unpaired) electrons. The molecule has 0 amide bonds. The van der Waals surface area contributed by atoms with Gasteiger partial charge in [0.25, 0.3) is 0 Å². The predicted octanol–water partition coefficient (Wildman–Crippen LogP) is 2.62. The molecule has 1 atom stereocenters. The third-order valence-corrected chi connectivity index (χ3v) is 3.50. The van der Waals surface area contributed by atoms with Crippen molar-refractivity contribution < 1.29 is 14.6 Å². The van der Waals surface area contributed by atoms with Crippen molar-refractivity contribution in [2.24, 2.45) is 0 Å². The van der Waals surface area contributed by atoms with Crippen LogP contribution in [-0.4, -0.2) is 22.7 Å². The maximum absolute atomic E-state index is 11.6. The van der Waals surface area contributed by atoms with Crippen molar-refractivity contribution in [3.63, 3.8) is 0 Å². The minimum Gasteiger partial charge on any atom is -0.493 e.